The molecule has 7 atom stereocenters. The molecule has 0 aliphatic carbocycles. The Hall–Kier alpha value is -3.51. The molecule has 1 amide bonds. The average Bonchev–Trinajstić information content (AvgIpc) is 2.90. The van der Waals surface area contributed by atoms with Crippen LogP contribution in [-0.2, 0) is 33.3 Å². The number of carbonyl (C=O) groups excluding carboxylic acids is 2. The molecule has 2 saturated heterocycles. The Labute approximate surface area is 213 Å². The maximum absolute atomic E-state index is 12.2. The fourth-order valence-electron chi connectivity index (χ4n) is 4.22. The van der Waals surface area contributed by atoms with Crippen molar-refractivity contribution in [1.29, 1.82) is 0 Å². The summed E-state index contributed by atoms with van der Waals surface area (Å²) in [5, 5.41) is 12.3. The molecule has 11 heteroatoms. The highest BCUT2D eigenvalue weighted by molar-refractivity contribution is 5.89. The lowest BCUT2D eigenvalue weighted by molar-refractivity contribution is -0.340. The molecule has 2 aromatic rings. The van der Waals surface area contributed by atoms with Crippen LogP contribution in [-0.4, -0.2) is 73.4 Å². The molecule has 11 nitrogen and oxygen atoms in total. The van der Waals surface area contributed by atoms with Gasteiger partial charge in [0.05, 0.1) is 19.3 Å². The molecule has 4 rings (SSSR count). The molecule has 2 aliphatic heterocycles. The van der Waals surface area contributed by atoms with Gasteiger partial charge in [-0.25, -0.2) is 9.59 Å². The summed E-state index contributed by atoms with van der Waals surface area (Å²) in [6.07, 6.45) is -5.45. The first kappa shape index (κ1) is 26.6. The van der Waals surface area contributed by atoms with Crippen molar-refractivity contribution in [2.45, 2.75) is 56.9 Å². The fourth-order valence-corrected chi connectivity index (χ4v) is 4.22. The van der Waals surface area contributed by atoms with Crippen molar-refractivity contribution in [2.24, 2.45) is 0 Å². The van der Waals surface area contributed by atoms with E-state index in [-0.39, 0.29) is 6.61 Å². The number of carbonyl (C=O) groups is 3. The van der Waals surface area contributed by atoms with Gasteiger partial charge in [-0.15, -0.1) is 0 Å². The summed E-state index contributed by atoms with van der Waals surface area (Å²) in [5.41, 5.74) is 1.10. The zero-order valence-corrected chi connectivity index (χ0v) is 20.6. The third-order valence-corrected chi connectivity index (χ3v) is 6.02. The molecular weight excluding hydrogens is 486 g/mol. The summed E-state index contributed by atoms with van der Waals surface area (Å²) in [7, 11) is 1.28. The lowest BCUT2D eigenvalue weighted by atomic mass is 9.95. The van der Waals surface area contributed by atoms with E-state index in [2.05, 4.69) is 5.32 Å². The van der Waals surface area contributed by atoms with Gasteiger partial charge in [-0.2, -0.15) is 0 Å². The number of benzene rings is 2. The second kappa shape index (κ2) is 11.7. The predicted octanol–water partition coefficient (Wildman–Crippen LogP) is 2.05. The summed E-state index contributed by atoms with van der Waals surface area (Å²) in [6.45, 7) is 2.83. The third kappa shape index (κ3) is 6.25. The van der Waals surface area contributed by atoms with Gasteiger partial charge in [-0.3, -0.25) is 4.79 Å². The van der Waals surface area contributed by atoms with Gasteiger partial charge in [0.25, 0.3) is 0 Å². The summed E-state index contributed by atoms with van der Waals surface area (Å²) in [4.78, 5) is 35.6. The van der Waals surface area contributed by atoms with Crippen LogP contribution in [0.2, 0.25) is 0 Å². The van der Waals surface area contributed by atoms with E-state index in [1.54, 1.807) is 12.1 Å². The molecule has 37 heavy (non-hydrogen) atoms. The highest BCUT2D eigenvalue weighted by atomic mass is 16.8. The number of hydrogen-bond acceptors (Lipinski definition) is 9. The van der Waals surface area contributed by atoms with E-state index in [4.69, 9.17) is 28.4 Å². The molecule has 2 heterocycles. The maximum Gasteiger partial charge on any atom is 0.337 e. The summed E-state index contributed by atoms with van der Waals surface area (Å²) < 4.78 is 35.0. The molecule has 7 unspecified atom stereocenters. The van der Waals surface area contributed by atoms with Gasteiger partial charge in [0, 0.05) is 12.5 Å². The molecule has 2 aliphatic rings. The van der Waals surface area contributed by atoms with Crippen molar-refractivity contribution >= 4 is 17.8 Å². The number of carboxylic acid groups (broad SMARTS) is 1. The number of rotatable bonds is 8. The Kier molecular flexibility index (Phi) is 8.39. The first-order valence-electron chi connectivity index (χ1n) is 11.7. The minimum absolute atomic E-state index is 0.111. The average molecular weight is 516 g/mol. The first-order valence-corrected chi connectivity index (χ1v) is 11.7. The van der Waals surface area contributed by atoms with Crippen LogP contribution in [0.25, 0.3) is 0 Å². The number of esters is 1. The van der Waals surface area contributed by atoms with Crippen molar-refractivity contribution in [2.75, 3.05) is 13.7 Å². The Bertz CT molecular complexity index is 1090. The van der Waals surface area contributed by atoms with Crippen molar-refractivity contribution in [3.63, 3.8) is 0 Å². The second-order valence-electron chi connectivity index (χ2n) is 8.66. The summed E-state index contributed by atoms with van der Waals surface area (Å²) in [6, 6.07) is 14.5. The van der Waals surface area contributed by atoms with Crippen LogP contribution in [0, 0.1) is 0 Å². The van der Waals surface area contributed by atoms with E-state index in [0.717, 1.165) is 5.56 Å². The molecule has 0 bridgehead atoms. The third-order valence-electron chi connectivity index (χ3n) is 6.02. The number of ether oxygens (including phenoxy) is 6. The van der Waals surface area contributed by atoms with Crippen LogP contribution >= 0.6 is 0 Å². The smallest absolute Gasteiger partial charge is 0.337 e. The Morgan fingerprint density at radius 3 is 2.38 bits per heavy atom. The van der Waals surface area contributed by atoms with Gasteiger partial charge < -0.3 is 38.8 Å². The van der Waals surface area contributed by atoms with Crippen molar-refractivity contribution in [3.05, 3.63) is 65.7 Å². The number of methoxy groups -OCH3 is 1. The zero-order chi connectivity index (χ0) is 26.5. The Balaban J connectivity index is 1.62. The van der Waals surface area contributed by atoms with Crippen LogP contribution in [0.4, 0.5) is 0 Å². The van der Waals surface area contributed by atoms with E-state index in [1.165, 1.54) is 33.1 Å². The van der Waals surface area contributed by atoms with Gasteiger partial charge in [-0.05, 0) is 31.2 Å². The fraction of sp³-hybridized carbons (Fsp3) is 0.423. The summed E-state index contributed by atoms with van der Waals surface area (Å²) in [5.74, 6) is -1.73. The number of fused-ring (bicyclic) bond motifs is 1. The molecule has 2 fully saturated rings. The molecule has 2 N–H and O–H groups in total. The minimum atomic E-state index is -1.21. The maximum atomic E-state index is 12.2. The van der Waals surface area contributed by atoms with Crippen molar-refractivity contribution in [1.82, 2.24) is 5.32 Å². The molecule has 0 radical (unpaired) electrons. The van der Waals surface area contributed by atoms with Crippen LogP contribution in [0.15, 0.2) is 54.6 Å². The SMILES string of the molecule is COC(=O)c1ccc(OC2OC3COC(c4ccccc4)OC3C(OC(C)C(=O)O)C2NC(C)=O)cc1. The van der Waals surface area contributed by atoms with E-state index < -0.39 is 60.9 Å². The lowest BCUT2D eigenvalue weighted by Gasteiger charge is -2.49. The number of nitrogens with one attached hydrogen (secondary N) is 1. The first-order chi connectivity index (χ1) is 17.8. The molecule has 0 spiro atoms. The van der Waals surface area contributed by atoms with Gasteiger partial charge in [0.15, 0.2) is 12.4 Å². The Morgan fingerprint density at radius 2 is 1.76 bits per heavy atom. The largest absolute Gasteiger partial charge is 0.479 e. The second-order valence-corrected chi connectivity index (χ2v) is 8.66. The molecule has 0 aromatic heterocycles. The van der Waals surface area contributed by atoms with Crippen LogP contribution in [0.3, 0.4) is 0 Å². The standard InChI is InChI=1S/C26H29NO10/c1-14(23(29)30)34-22-20(27-15(2)28)26(35-18-11-9-16(10-12-18)24(31)32-3)36-19-13-33-25(37-21(19)22)17-7-5-4-6-8-17/h4-12,14,19-22,25-26H,13H2,1-3H3,(H,27,28)(H,29,30). The Morgan fingerprint density at radius 1 is 1.05 bits per heavy atom. The number of aliphatic carboxylic acids is 1. The minimum Gasteiger partial charge on any atom is -0.479 e. The van der Waals surface area contributed by atoms with E-state index in [1.807, 2.05) is 30.3 Å². The van der Waals surface area contributed by atoms with Gasteiger partial charge in [-0.1, -0.05) is 30.3 Å². The molecular formula is C26H29NO10. The van der Waals surface area contributed by atoms with Crippen LogP contribution in [0.1, 0.15) is 36.1 Å². The number of carboxylic acids is 1. The van der Waals surface area contributed by atoms with Gasteiger partial charge >= 0.3 is 11.9 Å². The van der Waals surface area contributed by atoms with E-state index >= 15 is 0 Å². The van der Waals surface area contributed by atoms with E-state index in [9.17, 15) is 19.5 Å². The number of hydrogen-bond donors (Lipinski definition) is 2. The van der Waals surface area contributed by atoms with Gasteiger partial charge in [0.2, 0.25) is 12.2 Å². The zero-order valence-electron chi connectivity index (χ0n) is 20.6. The molecule has 2 aromatic carbocycles. The highest BCUT2D eigenvalue weighted by Crippen LogP contribution is 2.36. The molecule has 0 saturated carbocycles. The molecule has 198 valence electrons. The van der Waals surface area contributed by atoms with E-state index in [0.29, 0.717) is 11.3 Å². The van der Waals surface area contributed by atoms with Gasteiger partial charge in [0.1, 0.15) is 30.1 Å². The quantitative estimate of drug-likeness (QED) is 0.502. The predicted molar refractivity (Wildman–Crippen MR) is 127 cm³/mol. The lowest BCUT2D eigenvalue weighted by Crippen LogP contribution is -2.68. The number of amides is 1. The monoisotopic (exact) mass is 515 g/mol. The van der Waals surface area contributed by atoms with Crippen LogP contribution in [0.5, 0.6) is 5.75 Å². The normalized spacial score (nSPS) is 27.9. The van der Waals surface area contributed by atoms with Crippen molar-refractivity contribution < 1.29 is 47.9 Å². The van der Waals surface area contributed by atoms with Crippen LogP contribution < -0.4 is 10.1 Å². The van der Waals surface area contributed by atoms with Crippen molar-refractivity contribution in [3.8, 4) is 5.75 Å². The topological polar surface area (TPSA) is 139 Å². The highest BCUT2D eigenvalue weighted by Gasteiger charge is 2.52. The summed E-state index contributed by atoms with van der Waals surface area (Å²) >= 11 is 0.